The Bertz CT molecular complexity index is 867. The summed E-state index contributed by atoms with van der Waals surface area (Å²) < 4.78 is 84.6. The molecule has 14 heteroatoms. The van der Waals surface area contributed by atoms with Gasteiger partial charge in [0.05, 0.1) is 5.56 Å². The second-order valence-electron chi connectivity index (χ2n) is 4.46. The normalized spacial score (nSPS) is 22.6. The fourth-order valence-electron chi connectivity index (χ4n) is 1.82. The molecule has 0 spiro atoms. The van der Waals surface area contributed by atoms with E-state index in [0.29, 0.717) is 18.5 Å². The Morgan fingerprint density at radius 2 is 1.78 bits per heavy atom. The quantitative estimate of drug-likeness (QED) is 0.632. The molecule has 0 aromatic heterocycles. The topological polar surface area (TPSA) is 148 Å². The maximum absolute atomic E-state index is 12.8. The molecule has 1 aromatic rings. The van der Waals surface area contributed by atoms with Crippen molar-refractivity contribution in [3.63, 3.8) is 0 Å². The highest BCUT2D eigenvalue weighted by atomic mass is 32.2. The van der Waals surface area contributed by atoms with E-state index in [4.69, 9.17) is 10.3 Å². The van der Waals surface area contributed by atoms with E-state index in [0.717, 1.165) is 12.1 Å². The van der Waals surface area contributed by atoms with Crippen LogP contribution in [0.5, 0.6) is 0 Å². The fraction of sp³-hybridized carbons (Fsp3) is 0.222. The summed E-state index contributed by atoms with van der Waals surface area (Å²) in [5, 5.41) is 9.84. The summed E-state index contributed by atoms with van der Waals surface area (Å²) in [5.74, 6) is 0. The highest BCUT2D eigenvalue weighted by molar-refractivity contribution is 7.90. The van der Waals surface area contributed by atoms with Crippen molar-refractivity contribution in [3.05, 3.63) is 35.4 Å². The third-order valence-electron chi connectivity index (χ3n) is 2.87. The van der Waals surface area contributed by atoms with E-state index in [2.05, 4.69) is 4.99 Å². The van der Waals surface area contributed by atoms with Gasteiger partial charge in [-0.3, -0.25) is 0 Å². The van der Waals surface area contributed by atoms with Gasteiger partial charge in [-0.2, -0.15) is 31.4 Å². The van der Waals surface area contributed by atoms with Crippen molar-refractivity contribution < 1.29 is 30.0 Å². The van der Waals surface area contributed by atoms with Crippen molar-refractivity contribution in [2.75, 3.05) is 0 Å². The largest absolute Gasteiger partial charge is 0.416 e. The summed E-state index contributed by atoms with van der Waals surface area (Å²) in [7, 11) is -9.16. The van der Waals surface area contributed by atoms with Gasteiger partial charge in [-0.15, -0.1) is 0 Å². The number of aliphatic imine (C=N–C) groups is 1. The third-order valence-corrected chi connectivity index (χ3v) is 4.86. The molecule has 23 heavy (non-hydrogen) atoms. The number of nitrogens with zero attached hydrogens (tertiary/aromatic N) is 2. The molecule has 2 rings (SSSR count). The molecule has 0 saturated carbocycles. The van der Waals surface area contributed by atoms with E-state index in [1.54, 1.807) is 0 Å². The van der Waals surface area contributed by atoms with Crippen LogP contribution in [0.15, 0.2) is 29.3 Å². The Labute approximate surface area is 129 Å². The minimum absolute atomic E-state index is 0.137. The Hall–Kier alpha value is -1.74. The van der Waals surface area contributed by atoms with Crippen LogP contribution in [0.1, 0.15) is 11.1 Å². The summed E-state index contributed by atoms with van der Waals surface area (Å²) in [6, 6.07) is 3.12. The SMILES string of the molecule is NS(=O)(=O)N1C=NC(c2cccc(C(F)(F)F)c2)(S(N)(=O)=O)N1. The van der Waals surface area contributed by atoms with Gasteiger partial charge in [-0.25, -0.2) is 23.7 Å². The Morgan fingerprint density at radius 3 is 2.22 bits per heavy atom. The maximum Gasteiger partial charge on any atom is 0.416 e. The van der Waals surface area contributed by atoms with E-state index in [9.17, 15) is 30.0 Å². The number of hydrogen-bond donors (Lipinski definition) is 3. The molecule has 9 nitrogen and oxygen atoms in total. The molecule has 1 heterocycles. The Kier molecular flexibility index (Phi) is 3.93. The molecule has 0 aliphatic carbocycles. The first-order chi connectivity index (χ1) is 10.3. The Morgan fingerprint density at radius 1 is 1.17 bits per heavy atom. The molecule has 0 fully saturated rings. The van der Waals surface area contributed by atoms with Crippen molar-refractivity contribution in [1.29, 1.82) is 0 Å². The second-order valence-corrected chi connectivity index (χ2v) is 7.57. The van der Waals surface area contributed by atoms with Gasteiger partial charge in [0.2, 0.25) is 0 Å². The van der Waals surface area contributed by atoms with Gasteiger partial charge in [0, 0.05) is 5.56 Å². The first-order valence-electron chi connectivity index (χ1n) is 5.63. The van der Waals surface area contributed by atoms with Crippen LogP contribution in [0.25, 0.3) is 0 Å². The molecule has 128 valence electrons. The zero-order chi connectivity index (χ0) is 17.7. The van der Waals surface area contributed by atoms with Crippen LogP contribution in [0.4, 0.5) is 13.2 Å². The summed E-state index contributed by atoms with van der Waals surface area (Å²) in [6.07, 6.45) is -4.25. The van der Waals surface area contributed by atoms with Crippen LogP contribution < -0.4 is 15.7 Å². The van der Waals surface area contributed by atoms with Gasteiger partial charge in [0.25, 0.3) is 15.0 Å². The van der Waals surface area contributed by atoms with Gasteiger partial charge in [0.15, 0.2) is 0 Å². The predicted octanol–water partition coefficient (Wildman–Crippen LogP) is -0.844. The lowest BCUT2D eigenvalue weighted by atomic mass is 10.1. The van der Waals surface area contributed by atoms with Gasteiger partial charge in [-0.1, -0.05) is 12.1 Å². The number of primary sulfonamides is 1. The van der Waals surface area contributed by atoms with E-state index < -0.39 is 42.5 Å². The van der Waals surface area contributed by atoms with Crippen molar-refractivity contribution in [2.24, 2.45) is 15.3 Å². The van der Waals surface area contributed by atoms with Crippen molar-refractivity contribution in [3.8, 4) is 0 Å². The van der Waals surface area contributed by atoms with Crippen LogP contribution in [-0.4, -0.2) is 27.6 Å². The third kappa shape index (κ3) is 3.16. The van der Waals surface area contributed by atoms with Crippen molar-refractivity contribution in [1.82, 2.24) is 9.84 Å². The average Bonchev–Trinajstić information content (AvgIpc) is 2.83. The molecule has 1 atom stereocenters. The zero-order valence-corrected chi connectivity index (χ0v) is 12.7. The van der Waals surface area contributed by atoms with E-state index in [1.807, 2.05) is 5.43 Å². The van der Waals surface area contributed by atoms with Gasteiger partial charge < -0.3 is 0 Å². The minimum Gasteiger partial charge on any atom is -0.228 e. The summed E-state index contributed by atoms with van der Waals surface area (Å²) in [6.45, 7) is 0. The number of halogens is 3. The molecule has 1 aliphatic heterocycles. The number of nitrogens with one attached hydrogen (secondary N) is 1. The van der Waals surface area contributed by atoms with Gasteiger partial charge in [0.1, 0.15) is 6.34 Å². The van der Waals surface area contributed by atoms with Gasteiger partial charge >= 0.3 is 16.4 Å². The van der Waals surface area contributed by atoms with Crippen LogP contribution >= 0.6 is 0 Å². The maximum atomic E-state index is 12.8. The fourth-order valence-corrected chi connectivity index (χ4v) is 3.19. The smallest absolute Gasteiger partial charge is 0.228 e. The predicted molar refractivity (Wildman–Crippen MR) is 72.8 cm³/mol. The van der Waals surface area contributed by atoms with E-state index >= 15 is 0 Å². The lowest BCUT2D eigenvalue weighted by Gasteiger charge is -2.26. The molecule has 0 amide bonds. The van der Waals surface area contributed by atoms with Crippen molar-refractivity contribution in [2.45, 2.75) is 11.2 Å². The summed E-state index contributed by atoms with van der Waals surface area (Å²) in [5.41, 5.74) is 0.204. The number of sulfonamides is 1. The highest BCUT2D eigenvalue weighted by Gasteiger charge is 2.50. The molecule has 0 saturated heterocycles. The molecular formula is C9H10F3N5O4S2. The number of rotatable bonds is 3. The molecule has 1 aliphatic rings. The molecule has 1 aromatic carbocycles. The van der Waals surface area contributed by atoms with Crippen LogP contribution in [0, 0.1) is 0 Å². The molecule has 0 bridgehead atoms. The van der Waals surface area contributed by atoms with Gasteiger partial charge in [-0.05, 0) is 12.1 Å². The van der Waals surface area contributed by atoms with E-state index in [-0.39, 0.29) is 4.41 Å². The molecule has 5 N–H and O–H groups in total. The lowest BCUT2D eigenvalue weighted by molar-refractivity contribution is -0.137. The second kappa shape index (κ2) is 5.13. The molecule has 1 unspecified atom stereocenters. The standard InChI is InChI=1S/C9H10F3N5O4S2/c10-8(11,12)6-2-1-3-7(4-6)9(22(13,18)19)15-5-17(16-9)23(14,20)21/h1-5,16H,(H2,13,18,19)(H2,14,20,21). The summed E-state index contributed by atoms with van der Waals surface area (Å²) in [4.78, 5) is 0.778. The van der Waals surface area contributed by atoms with Crippen LogP contribution in [-0.2, 0) is 31.4 Å². The van der Waals surface area contributed by atoms with E-state index in [1.165, 1.54) is 0 Å². The van der Waals surface area contributed by atoms with Crippen LogP contribution in [0.3, 0.4) is 0 Å². The Balaban J connectivity index is 2.63. The van der Waals surface area contributed by atoms with Crippen LogP contribution in [0.2, 0.25) is 0 Å². The first kappa shape index (κ1) is 17.6. The number of hydrogen-bond acceptors (Lipinski definition) is 6. The monoisotopic (exact) mass is 373 g/mol. The van der Waals surface area contributed by atoms with Crippen molar-refractivity contribution >= 4 is 26.6 Å². The number of alkyl halides is 3. The first-order valence-corrected chi connectivity index (χ1v) is 8.68. The summed E-state index contributed by atoms with van der Waals surface area (Å²) >= 11 is 0. The lowest BCUT2D eigenvalue weighted by Crippen LogP contribution is -2.55. The number of nitrogens with two attached hydrogens (primary N) is 2. The number of hydrazine groups is 1. The molecular weight excluding hydrogens is 363 g/mol. The number of benzene rings is 1. The molecule has 0 radical (unpaired) electrons. The average molecular weight is 373 g/mol. The zero-order valence-electron chi connectivity index (χ0n) is 11.0. The highest BCUT2D eigenvalue weighted by Crippen LogP contribution is 2.35. The minimum atomic E-state index is -4.75.